The van der Waals surface area contributed by atoms with Crippen LogP contribution in [0.1, 0.15) is 50.4 Å². The van der Waals surface area contributed by atoms with Crippen LogP contribution in [0.15, 0.2) is 6.20 Å². The van der Waals surface area contributed by atoms with Crippen LogP contribution in [-0.2, 0) is 13.0 Å². The molecule has 1 rings (SSSR count). The molecule has 110 valence electrons. The van der Waals surface area contributed by atoms with Crippen molar-refractivity contribution in [3.8, 4) is 0 Å². The zero-order valence-corrected chi connectivity index (χ0v) is 13.7. The molecule has 0 bridgehead atoms. The number of hydrogen-bond donors (Lipinski definition) is 1. The van der Waals surface area contributed by atoms with E-state index >= 15 is 0 Å². The number of rotatable bonds is 10. The molecule has 1 aromatic heterocycles. The summed E-state index contributed by atoms with van der Waals surface area (Å²) >= 11 is 1.83. The highest BCUT2D eigenvalue weighted by Crippen LogP contribution is 2.13. The van der Waals surface area contributed by atoms with Crippen LogP contribution >= 0.6 is 11.3 Å². The fourth-order valence-corrected chi connectivity index (χ4v) is 2.94. The van der Waals surface area contributed by atoms with Gasteiger partial charge in [-0.15, -0.1) is 11.3 Å². The van der Waals surface area contributed by atoms with E-state index in [1.807, 2.05) is 17.5 Å². The highest BCUT2D eigenvalue weighted by Gasteiger charge is 2.05. The number of nitrogens with zero attached hydrogens (tertiary/aromatic N) is 2. The monoisotopic (exact) mass is 283 g/mol. The van der Waals surface area contributed by atoms with E-state index in [4.69, 9.17) is 0 Å². The highest BCUT2D eigenvalue weighted by atomic mass is 32.1. The summed E-state index contributed by atoms with van der Waals surface area (Å²) in [5, 5.41) is 4.84. The van der Waals surface area contributed by atoms with Gasteiger partial charge < -0.3 is 10.2 Å². The fraction of sp³-hybridized carbons (Fsp3) is 0.800. The summed E-state index contributed by atoms with van der Waals surface area (Å²) in [5.41, 5.74) is 0. The molecule has 4 heteroatoms. The van der Waals surface area contributed by atoms with Crippen molar-refractivity contribution in [1.29, 1.82) is 0 Å². The molecule has 1 aromatic rings. The Balaban J connectivity index is 2.15. The van der Waals surface area contributed by atoms with Gasteiger partial charge in [0.05, 0.1) is 5.01 Å². The van der Waals surface area contributed by atoms with Crippen molar-refractivity contribution in [2.45, 2.75) is 59.5 Å². The summed E-state index contributed by atoms with van der Waals surface area (Å²) in [6, 6.07) is 0.586. The van der Waals surface area contributed by atoms with Crippen molar-refractivity contribution in [3.05, 3.63) is 16.1 Å². The van der Waals surface area contributed by atoms with Crippen molar-refractivity contribution in [2.75, 3.05) is 19.6 Å². The standard InChI is InChI=1S/C15H29N3S/c1-5-15-17-12-14(19-15)11-16-13(4)9-8-10-18(6-2)7-3/h12-13,16H,5-11H2,1-4H3. The van der Waals surface area contributed by atoms with Crippen LogP contribution in [0.25, 0.3) is 0 Å². The van der Waals surface area contributed by atoms with E-state index in [1.165, 1.54) is 42.4 Å². The SMILES string of the molecule is CCc1ncc(CNC(C)CCCN(CC)CC)s1. The molecule has 0 saturated heterocycles. The maximum Gasteiger partial charge on any atom is 0.0925 e. The first kappa shape index (κ1) is 16.6. The van der Waals surface area contributed by atoms with Gasteiger partial charge in [-0.05, 0) is 45.8 Å². The molecule has 3 nitrogen and oxygen atoms in total. The zero-order valence-electron chi connectivity index (χ0n) is 12.9. The van der Waals surface area contributed by atoms with Crippen molar-refractivity contribution in [1.82, 2.24) is 15.2 Å². The fourth-order valence-electron chi connectivity index (χ4n) is 2.13. The molecule has 0 aliphatic rings. The molecule has 1 N–H and O–H groups in total. The van der Waals surface area contributed by atoms with Gasteiger partial charge in [-0.2, -0.15) is 0 Å². The van der Waals surface area contributed by atoms with Crippen molar-refractivity contribution < 1.29 is 0 Å². The Bertz CT molecular complexity index is 334. The predicted molar refractivity (Wildman–Crippen MR) is 84.8 cm³/mol. The highest BCUT2D eigenvalue weighted by molar-refractivity contribution is 7.11. The number of aryl methyl sites for hydroxylation is 1. The lowest BCUT2D eigenvalue weighted by molar-refractivity contribution is 0.290. The van der Waals surface area contributed by atoms with E-state index in [0.717, 1.165) is 13.0 Å². The molecule has 0 fully saturated rings. The molecular formula is C15H29N3S. The third-order valence-electron chi connectivity index (χ3n) is 3.53. The maximum atomic E-state index is 4.39. The molecule has 0 saturated carbocycles. The molecule has 1 atom stereocenters. The topological polar surface area (TPSA) is 28.2 Å². The predicted octanol–water partition coefficient (Wildman–Crippen LogP) is 3.31. The summed E-state index contributed by atoms with van der Waals surface area (Å²) in [5.74, 6) is 0. The summed E-state index contributed by atoms with van der Waals surface area (Å²) in [4.78, 5) is 8.24. The van der Waals surface area contributed by atoms with Gasteiger partial charge in [-0.1, -0.05) is 20.8 Å². The molecular weight excluding hydrogens is 254 g/mol. The first-order valence-corrected chi connectivity index (χ1v) is 8.40. The Morgan fingerprint density at radius 3 is 2.63 bits per heavy atom. The Morgan fingerprint density at radius 1 is 1.32 bits per heavy atom. The van der Waals surface area contributed by atoms with Gasteiger partial charge in [0, 0.05) is 23.7 Å². The maximum absolute atomic E-state index is 4.39. The van der Waals surface area contributed by atoms with Gasteiger partial charge in [0.2, 0.25) is 0 Å². The van der Waals surface area contributed by atoms with Crippen LogP contribution in [0.3, 0.4) is 0 Å². The van der Waals surface area contributed by atoms with E-state index in [-0.39, 0.29) is 0 Å². The van der Waals surface area contributed by atoms with Gasteiger partial charge in [0.1, 0.15) is 0 Å². The Kier molecular flexibility index (Phi) is 8.26. The molecule has 0 aromatic carbocycles. The summed E-state index contributed by atoms with van der Waals surface area (Å²) < 4.78 is 0. The normalized spacial score (nSPS) is 13.1. The Labute approximate surface area is 122 Å². The van der Waals surface area contributed by atoms with Crippen LogP contribution in [0.5, 0.6) is 0 Å². The minimum Gasteiger partial charge on any atom is -0.309 e. The molecule has 0 amide bonds. The summed E-state index contributed by atoms with van der Waals surface area (Å²) in [7, 11) is 0. The lowest BCUT2D eigenvalue weighted by atomic mass is 10.1. The van der Waals surface area contributed by atoms with E-state index in [2.05, 4.69) is 42.9 Å². The lowest BCUT2D eigenvalue weighted by Crippen LogP contribution is -2.28. The number of thiazole rings is 1. The number of hydrogen-bond acceptors (Lipinski definition) is 4. The second kappa shape index (κ2) is 9.45. The molecule has 19 heavy (non-hydrogen) atoms. The third kappa shape index (κ3) is 6.50. The van der Waals surface area contributed by atoms with Gasteiger partial charge in [-0.3, -0.25) is 0 Å². The van der Waals surface area contributed by atoms with Gasteiger partial charge in [0.25, 0.3) is 0 Å². The van der Waals surface area contributed by atoms with Gasteiger partial charge in [-0.25, -0.2) is 4.98 Å². The zero-order chi connectivity index (χ0) is 14.1. The summed E-state index contributed by atoms with van der Waals surface area (Å²) in [6.45, 7) is 13.4. The van der Waals surface area contributed by atoms with Crippen LogP contribution in [0.2, 0.25) is 0 Å². The van der Waals surface area contributed by atoms with E-state index in [1.54, 1.807) is 0 Å². The average molecular weight is 283 g/mol. The largest absolute Gasteiger partial charge is 0.309 e. The Morgan fingerprint density at radius 2 is 2.05 bits per heavy atom. The minimum atomic E-state index is 0.586. The quantitative estimate of drug-likeness (QED) is 0.714. The molecule has 0 radical (unpaired) electrons. The number of nitrogens with one attached hydrogen (secondary N) is 1. The minimum absolute atomic E-state index is 0.586. The van der Waals surface area contributed by atoms with Crippen LogP contribution < -0.4 is 5.32 Å². The van der Waals surface area contributed by atoms with Gasteiger partial charge in [0.15, 0.2) is 0 Å². The van der Waals surface area contributed by atoms with Crippen molar-refractivity contribution in [3.63, 3.8) is 0 Å². The van der Waals surface area contributed by atoms with E-state index < -0.39 is 0 Å². The molecule has 0 spiro atoms. The van der Waals surface area contributed by atoms with Gasteiger partial charge >= 0.3 is 0 Å². The van der Waals surface area contributed by atoms with Crippen LogP contribution in [-0.4, -0.2) is 35.6 Å². The third-order valence-corrected chi connectivity index (χ3v) is 4.68. The second-order valence-corrected chi connectivity index (χ2v) is 6.22. The van der Waals surface area contributed by atoms with Crippen LogP contribution in [0.4, 0.5) is 0 Å². The number of aromatic nitrogens is 1. The van der Waals surface area contributed by atoms with E-state index in [9.17, 15) is 0 Å². The molecule has 0 aliphatic carbocycles. The van der Waals surface area contributed by atoms with Crippen molar-refractivity contribution >= 4 is 11.3 Å². The molecule has 0 aliphatic heterocycles. The van der Waals surface area contributed by atoms with E-state index in [0.29, 0.717) is 6.04 Å². The average Bonchev–Trinajstić information content (AvgIpc) is 2.89. The first-order valence-electron chi connectivity index (χ1n) is 7.58. The second-order valence-electron chi connectivity index (χ2n) is 5.02. The first-order chi connectivity index (χ1) is 9.19. The van der Waals surface area contributed by atoms with Crippen molar-refractivity contribution in [2.24, 2.45) is 0 Å². The molecule has 1 heterocycles. The lowest BCUT2D eigenvalue weighted by Gasteiger charge is -2.19. The van der Waals surface area contributed by atoms with Crippen LogP contribution in [0, 0.1) is 0 Å². The molecule has 1 unspecified atom stereocenters. The summed E-state index contributed by atoms with van der Waals surface area (Å²) in [6.07, 6.45) is 5.58. The Hall–Kier alpha value is -0.450. The smallest absolute Gasteiger partial charge is 0.0925 e.